The fourth-order valence-electron chi connectivity index (χ4n) is 3.30. The first-order valence-corrected chi connectivity index (χ1v) is 8.42. The van der Waals surface area contributed by atoms with Gasteiger partial charge in [0, 0.05) is 10.8 Å². The Hall–Kier alpha value is -1.12. The van der Waals surface area contributed by atoms with E-state index in [4.69, 9.17) is 0 Å². The predicted molar refractivity (Wildman–Crippen MR) is 87.8 cm³/mol. The van der Waals surface area contributed by atoms with E-state index in [1.807, 2.05) is 11.3 Å². The summed E-state index contributed by atoms with van der Waals surface area (Å²) in [4.78, 5) is 3.90. The maximum Gasteiger partial charge on any atom is 0.0103 e. The van der Waals surface area contributed by atoms with Gasteiger partial charge in [0.05, 0.1) is 0 Å². The van der Waals surface area contributed by atoms with Gasteiger partial charge in [-0.1, -0.05) is 24.3 Å². The molecule has 2 heteroatoms. The molecule has 1 aromatic carbocycles. The summed E-state index contributed by atoms with van der Waals surface area (Å²) in [6, 6.07) is 11.4. The van der Waals surface area contributed by atoms with Crippen LogP contribution in [0.3, 0.4) is 0 Å². The lowest BCUT2D eigenvalue weighted by Gasteiger charge is -2.20. The van der Waals surface area contributed by atoms with Gasteiger partial charge in [-0.15, -0.1) is 11.3 Å². The maximum absolute atomic E-state index is 2.36. The molecule has 0 aliphatic heterocycles. The summed E-state index contributed by atoms with van der Waals surface area (Å²) in [7, 11) is 4.33. The van der Waals surface area contributed by atoms with Crippen molar-refractivity contribution in [3.8, 4) is 0 Å². The smallest absolute Gasteiger partial charge is 0.0103 e. The quantitative estimate of drug-likeness (QED) is 0.808. The SMILES string of the molecule is CN(C)CCCC1c2ccccc2CCc2sccc21. The van der Waals surface area contributed by atoms with Crippen LogP contribution in [0.4, 0.5) is 0 Å². The molecule has 0 saturated carbocycles. The minimum Gasteiger partial charge on any atom is -0.309 e. The standard InChI is InChI=1S/C18H23NS/c1-19(2)12-5-8-16-15-7-4-3-6-14(15)9-10-18-17(16)11-13-20-18/h3-4,6-7,11,13,16H,5,8-10,12H2,1-2H3. The van der Waals surface area contributed by atoms with Gasteiger partial charge >= 0.3 is 0 Å². The van der Waals surface area contributed by atoms with Gasteiger partial charge in [-0.05, 0) is 74.5 Å². The van der Waals surface area contributed by atoms with Gasteiger partial charge in [0.1, 0.15) is 0 Å². The number of benzene rings is 1. The Kier molecular flexibility index (Phi) is 4.23. The van der Waals surface area contributed by atoms with Crippen LogP contribution < -0.4 is 0 Å². The van der Waals surface area contributed by atoms with Crippen LogP contribution in [0.15, 0.2) is 35.7 Å². The summed E-state index contributed by atoms with van der Waals surface area (Å²) in [5.41, 5.74) is 4.73. The lowest BCUT2D eigenvalue weighted by atomic mass is 9.86. The van der Waals surface area contributed by atoms with Crippen molar-refractivity contribution < 1.29 is 0 Å². The summed E-state index contributed by atoms with van der Waals surface area (Å²) < 4.78 is 0. The fourth-order valence-corrected chi connectivity index (χ4v) is 4.25. The third-order valence-electron chi connectivity index (χ3n) is 4.31. The minimum absolute atomic E-state index is 0.606. The molecule has 1 nitrogen and oxygen atoms in total. The van der Waals surface area contributed by atoms with Crippen LogP contribution in [0, 0.1) is 0 Å². The number of hydrogen-bond acceptors (Lipinski definition) is 2. The third kappa shape index (κ3) is 2.82. The zero-order valence-electron chi connectivity index (χ0n) is 12.4. The van der Waals surface area contributed by atoms with Crippen molar-refractivity contribution in [2.45, 2.75) is 31.6 Å². The van der Waals surface area contributed by atoms with E-state index in [1.54, 1.807) is 21.6 Å². The summed E-state index contributed by atoms with van der Waals surface area (Å²) in [5.74, 6) is 0.606. The highest BCUT2D eigenvalue weighted by Gasteiger charge is 2.23. The first-order valence-electron chi connectivity index (χ1n) is 7.54. The average Bonchev–Trinajstić information content (AvgIpc) is 2.84. The summed E-state index contributed by atoms with van der Waals surface area (Å²) in [5, 5.41) is 2.28. The number of aryl methyl sites for hydroxylation is 2. The third-order valence-corrected chi connectivity index (χ3v) is 5.30. The van der Waals surface area contributed by atoms with E-state index in [0.29, 0.717) is 5.92 Å². The number of nitrogens with zero attached hydrogens (tertiary/aromatic N) is 1. The van der Waals surface area contributed by atoms with Gasteiger partial charge in [0.2, 0.25) is 0 Å². The first kappa shape index (κ1) is 13.8. The van der Waals surface area contributed by atoms with Gasteiger partial charge in [0.15, 0.2) is 0 Å². The van der Waals surface area contributed by atoms with Gasteiger partial charge in [-0.25, -0.2) is 0 Å². The lowest BCUT2D eigenvalue weighted by molar-refractivity contribution is 0.389. The van der Waals surface area contributed by atoms with Gasteiger partial charge in [-0.2, -0.15) is 0 Å². The average molecular weight is 285 g/mol. The number of thiophene rings is 1. The normalized spacial score (nSPS) is 17.6. The van der Waals surface area contributed by atoms with E-state index < -0.39 is 0 Å². The molecule has 0 spiro atoms. The van der Waals surface area contributed by atoms with Crippen molar-refractivity contribution in [3.63, 3.8) is 0 Å². The van der Waals surface area contributed by atoms with Crippen molar-refractivity contribution >= 4 is 11.3 Å². The topological polar surface area (TPSA) is 3.24 Å². The Morgan fingerprint density at radius 1 is 1.10 bits per heavy atom. The predicted octanol–water partition coefficient (Wildman–Crippen LogP) is 4.32. The Bertz CT molecular complexity index is 570. The monoisotopic (exact) mass is 285 g/mol. The van der Waals surface area contributed by atoms with Crippen molar-refractivity contribution in [2.24, 2.45) is 0 Å². The van der Waals surface area contributed by atoms with Crippen LogP contribution >= 0.6 is 11.3 Å². The van der Waals surface area contributed by atoms with Crippen LogP contribution in [-0.4, -0.2) is 25.5 Å². The van der Waals surface area contributed by atoms with Crippen molar-refractivity contribution in [1.29, 1.82) is 0 Å². The van der Waals surface area contributed by atoms with E-state index in [0.717, 1.165) is 0 Å². The van der Waals surface area contributed by atoms with Gasteiger partial charge in [-0.3, -0.25) is 0 Å². The summed E-state index contributed by atoms with van der Waals surface area (Å²) in [6.07, 6.45) is 4.95. The molecule has 0 saturated heterocycles. The van der Waals surface area contributed by atoms with E-state index >= 15 is 0 Å². The molecular weight excluding hydrogens is 262 g/mol. The molecule has 0 N–H and O–H groups in total. The number of fused-ring (bicyclic) bond motifs is 2. The molecule has 20 heavy (non-hydrogen) atoms. The zero-order valence-corrected chi connectivity index (χ0v) is 13.2. The largest absolute Gasteiger partial charge is 0.309 e. The molecule has 1 aliphatic carbocycles. The van der Waals surface area contributed by atoms with Crippen LogP contribution in [0.5, 0.6) is 0 Å². The molecule has 106 valence electrons. The Balaban J connectivity index is 1.90. The van der Waals surface area contributed by atoms with Crippen LogP contribution in [0.1, 0.15) is 40.3 Å². The van der Waals surface area contributed by atoms with Crippen LogP contribution in [0.2, 0.25) is 0 Å². The molecule has 0 amide bonds. The van der Waals surface area contributed by atoms with Crippen LogP contribution in [-0.2, 0) is 12.8 Å². The fraction of sp³-hybridized carbons (Fsp3) is 0.444. The molecule has 0 bridgehead atoms. The van der Waals surface area contributed by atoms with Gasteiger partial charge in [0.25, 0.3) is 0 Å². The second kappa shape index (κ2) is 6.11. The van der Waals surface area contributed by atoms with Crippen molar-refractivity contribution in [1.82, 2.24) is 4.90 Å². The first-order chi connectivity index (χ1) is 9.75. The highest BCUT2D eigenvalue weighted by Crippen LogP contribution is 2.39. The minimum atomic E-state index is 0.606. The second-order valence-corrected chi connectivity index (χ2v) is 7.00. The van der Waals surface area contributed by atoms with E-state index in [9.17, 15) is 0 Å². The number of rotatable bonds is 4. The lowest BCUT2D eigenvalue weighted by Crippen LogP contribution is -2.14. The second-order valence-electron chi connectivity index (χ2n) is 6.00. The molecule has 0 fully saturated rings. The van der Waals surface area contributed by atoms with E-state index in [1.165, 1.54) is 32.2 Å². The molecule has 1 atom stereocenters. The molecule has 1 unspecified atom stereocenters. The zero-order chi connectivity index (χ0) is 13.9. The highest BCUT2D eigenvalue weighted by atomic mass is 32.1. The van der Waals surface area contributed by atoms with Gasteiger partial charge < -0.3 is 4.90 Å². The highest BCUT2D eigenvalue weighted by molar-refractivity contribution is 7.10. The number of hydrogen-bond donors (Lipinski definition) is 0. The Morgan fingerprint density at radius 2 is 1.95 bits per heavy atom. The Labute approximate surface area is 126 Å². The van der Waals surface area contributed by atoms with Crippen LogP contribution in [0.25, 0.3) is 0 Å². The Morgan fingerprint density at radius 3 is 2.80 bits per heavy atom. The molecular formula is C18H23NS. The molecule has 0 radical (unpaired) electrons. The molecule has 3 rings (SSSR count). The molecule has 1 heterocycles. The molecule has 1 aromatic heterocycles. The van der Waals surface area contributed by atoms with Crippen molar-refractivity contribution in [2.75, 3.05) is 20.6 Å². The molecule has 2 aromatic rings. The maximum atomic E-state index is 2.36. The van der Waals surface area contributed by atoms with Crippen molar-refractivity contribution in [3.05, 3.63) is 57.3 Å². The summed E-state index contributed by atoms with van der Waals surface area (Å²) >= 11 is 1.94. The molecule has 1 aliphatic rings. The van der Waals surface area contributed by atoms with E-state index in [-0.39, 0.29) is 0 Å². The summed E-state index contributed by atoms with van der Waals surface area (Å²) in [6.45, 7) is 1.18. The van der Waals surface area contributed by atoms with E-state index in [2.05, 4.69) is 54.7 Å².